The molecule has 4 aromatic rings. The van der Waals surface area contributed by atoms with Gasteiger partial charge in [-0.3, -0.25) is 4.79 Å². The van der Waals surface area contributed by atoms with E-state index in [1.807, 2.05) is 30.3 Å². The Hall–Kier alpha value is -4.20. The van der Waals surface area contributed by atoms with E-state index >= 15 is 0 Å². The third kappa shape index (κ3) is 3.91. The smallest absolute Gasteiger partial charge is 0.323 e. The summed E-state index contributed by atoms with van der Waals surface area (Å²) in [6.07, 6.45) is 3.32. The summed E-state index contributed by atoms with van der Waals surface area (Å²) in [5, 5.41) is 8.06. The van der Waals surface area contributed by atoms with Crippen LogP contribution in [-0.4, -0.2) is 33.9 Å². The molecule has 8 heteroatoms. The molecule has 0 aliphatic carbocycles. The number of fused-ring (bicyclic) bond motifs is 1. The van der Waals surface area contributed by atoms with Crippen LogP contribution in [0.1, 0.15) is 10.4 Å². The molecule has 29 heavy (non-hydrogen) atoms. The molecule has 0 bridgehead atoms. The Morgan fingerprint density at radius 2 is 1.72 bits per heavy atom. The Kier molecular flexibility index (Phi) is 4.90. The Labute approximate surface area is 166 Å². The average Bonchev–Trinajstić information content (AvgIpc) is 3.23. The molecule has 0 saturated heterocycles. The molecule has 0 aliphatic heterocycles. The zero-order valence-corrected chi connectivity index (χ0v) is 15.6. The largest absolute Gasteiger partial charge is 0.355 e. The topological polar surface area (TPSA) is 112 Å². The molecular weight excluding hydrogens is 368 g/mol. The fourth-order valence-electron chi connectivity index (χ4n) is 3.00. The second-order valence-electron chi connectivity index (χ2n) is 6.28. The van der Waals surface area contributed by atoms with Crippen molar-refractivity contribution in [2.45, 2.75) is 0 Å². The van der Waals surface area contributed by atoms with Gasteiger partial charge in [0.2, 0.25) is 0 Å². The summed E-state index contributed by atoms with van der Waals surface area (Å²) in [4.78, 5) is 35.5. The molecule has 0 spiro atoms. The van der Waals surface area contributed by atoms with Crippen LogP contribution in [0.4, 0.5) is 16.2 Å². The van der Waals surface area contributed by atoms with Crippen molar-refractivity contribution in [3.63, 3.8) is 0 Å². The zero-order valence-electron chi connectivity index (χ0n) is 15.6. The SMILES string of the molecule is CNC(=O)c1cccc(NC(=O)Nc2ccc(-c3ccnc4nc[nH]c34)cc2)c1. The number of benzene rings is 2. The molecule has 4 rings (SSSR count). The molecule has 0 aliphatic rings. The second-order valence-corrected chi connectivity index (χ2v) is 6.28. The van der Waals surface area contributed by atoms with E-state index in [0.29, 0.717) is 22.6 Å². The van der Waals surface area contributed by atoms with Gasteiger partial charge in [-0.05, 0) is 42.0 Å². The lowest BCUT2D eigenvalue weighted by Gasteiger charge is -2.10. The van der Waals surface area contributed by atoms with Gasteiger partial charge in [-0.15, -0.1) is 0 Å². The van der Waals surface area contributed by atoms with Crippen molar-refractivity contribution in [2.75, 3.05) is 17.7 Å². The molecule has 144 valence electrons. The van der Waals surface area contributed by atoms with E-state index in [-0.39, 0.29) is 5.91 Å². The lowest BCUT2D eigenvalue weighted by atomic mass is 10.1. The first-order chi connectivity index (χ1) is 14.1. The maximum absolute atomic E-state index is 12.3. The highest BCUT2D eigenvalue weighted by Crippen LogP contribution is 2.26. The molecule has 0 unspecified atom stereocenters. The number of hydrogen-bond donors (Lipinski definition) is 4. The van der Waals surface area contributed by atoms with Crippen LogP contribution < -0.4 is 16.0 Å². The predicted molar refractivity (Wildman–Crippen MR) is 112 cm³/mol. The van der Waals surface area contributed by atoms with E-state index in [2.05, 4.69) is 30.9 Å². The third-order valence-corrected chi connectivity index (χ3v) is 4.39. The number of aromatic nitrogens is 3. The normalized spacial score (nSPS) is 10.5. The summed E-state index contributed by atoms with van der Waals surface area (Å²) < 4.78 is 0. The number of carbonyl (C=O) groups excluding carboxylic acids is 2. The lowest BCUT2D eigenvalue weighted by Crippen LogP contribution is -2.21. The average molecular weight is 386 g/mol. The van der Waals surface area contributed by atoms with Gasteiger partial charge < -0.3 is 20.9 Å². The lowest BCUT2D eigenvalue weighted by molar-refractivity contribution is 0.0963. The van der Waals surface area contributed by atoms with Crippen molar-refractivity contribution in [2.24, 2.45) is 0 Å². The number of nitrogens with zero attached hydrogens (tertiary/aromatic N) is 2. The molecule has 4 N–H and O–H groups in total. The van der Waals surface area contributed by atoms with Crippen LogP contribution in [0.5, 0.6) is 0 Å². The maximum atomic E-state index is 12.3. The number of carbonyl (C=O) groups is 2. The first-order valence-electron chi connectivity index (χ1n) is 8.93. The molecule has 2 heterocycles. The minimum Gasteiger partial charge on any atom is -0.355 e. The molecular formula is C21H18N6O2. The summed E-state index contributed by atoms with van der Waals surface area (Å²) in [5.41, 5.74) is 5.12. The van der Waals surface area contributed by atoms with Crippen LogP contribution in [0.3, 0.4) is 0 Å². The van der Waals surface area contributed by atoms with Crippen LogP contribution in [-0.2, 0) is 0 Å². The van der Waals surface area contributed by atoms with E-state index in [1.165, 1.54) is 0 Å². The van der Waals surface area contributed by atoms with Crippen molar-refractivity contribution in [3.05, 3.63) is 72.7 Å². The minimum atomic E-state index is -0.397. The van der Waals surface area contributed by atoms with Crippen molar-refractivity contribution >= 4 is 34.5 Å². The monoisotopic (exact) mass is 386 g/mol. The molecule has 8 nitrogen and oxygen atoms in total. The van der Waals surface area contributed by atoms with Gasteiger partial charge in [0.05, 0.1) is 11.8 Å². The number of rotatable bonds is 4. The van der Waals surface area contributed by atoms with Gasteiger partial charge in [0, 0.05) is 35.7 Å². The summed E-state index contributed by atoms with van der Waals surface area (Å²) in [6.45, 7) is 0. The van der Waals surface area contributed by atoms with Gasteiger partial charge in [0.1, 0.15) is 0 Å². The van der Waals surface area contributed by atoms with Crippen LogP contribution in [0.2, 0.25) is 0 Å². The van der Waals surface area contributed by atoms with Gasteiger partial charge >= 0.3 is 6.03 Å². The van der Waals surface area contributed by atoms with E-state index in [0.717, 1.165) is 16.6 Å². The number of pyridine rings is 1. The Bertz CT molecular complexity index is 1180. The van der Waals surface area contributed by atoms with Crippen LogP contribution in [0, 0.1) is 0 Å². The van der Waals surface area contributed by atoms with Crippen LogP contribution >= 0.6 is 0 Å². The number of nitrogens with one attached hydrogen (secondary N) is 4. The Balaban J connectivity index is 1.46. The number of amides is 3. The first-order valence-corrected chi connectivity index (χ1v) is 8.93. The summed E-state index contributed by atoms with van der Waals surface area (Å²) in [7, 11) is 1.56. The first kappa shape index (κ1) is 18.2. The zero-order chi connectivity index (χ0) is 20.2. The molecule has 0 radical (unpaired) electrons. The van der Waals surface area contributed by atoms with E-state index < -0.39 is 6.03 Å². The van der Waals surface area contributed by atoms with Gasteiger partial charge in [0.15, 0.2) is 5.65 Å². The highest BCUT2D eigenvalue weighted by atomic mass is 16.2. The quantitative estimate of drug-likeness (QED) is 0.429. The van der Waals surface area contributed by atoms with Crippen molar-refractivity contribution in [1.29, 1.82) is 0 Å². The fraction of sp³-hybridized carbons (Fsp3) is 0.0476. The number of H-pyrrole nitrogens is 1. The second kappa shape index (κ2) is 7.81. The highest BCUT2D eigenvalue weighted by Gasteiger charge is 2.09. The van der Waals surface area contributed by atoms with Gasteiger partial charge in [0.25, 0.3) is 5.91 Å². The van der Waals surface area contributed by atoms with E-state index in [4.69, 9.17) is 0 Å². The van der Waals surface area contributed by atoms with Crippen LogP contribution in [0.15, 0.2) is 67.1 Å². The standard InChI is InChI=1S/C21H18N6O2/c1-22-20(28)14-3-2-4-16(11-14)27-21(29)26-15-7-5-13(6-8-15)17-9-10-23-19-18(17)24-12-25-19/h2-12H,1H3,(H,22,28)(H,23,24,25)(H2,26,27,29). The number of urea groups is 1. The molecule has 2 aromatic heterocycles. The maximum Gasteiger partial charge on any atom is 0.323 e. The Morgan fingerprint density at radius 1 is 0.931 bits per heavy atom. The molecule has 2 aromatic carbocycles. The highest BCUT2D eigenvalue weighted by molar-refractivity contribution is 6.01. The molecule has 0 atom stereocenters. The summed E-state index contributed by atoms with van der Waals surface area (Å²) >= 11 is 0. The number of hydrogen-bond acceptors (Lipinski definition) is 4. The predicted octanol–water partition coefficient (Wildman–Crippen LogP) is 3.63. The minimum absolute atomic E-state index is 0.216. The van der Waals surface area contributed by atoms with Crippen molar-refractivity contribution < 1.29 is 9.59 Å². The molecule has 0 fully saturated rings. The van der Waals surface area contributed by atoms with E-state index in [1.54, 1.807) is 43.8 Å². The van der Waals surface area contributed by atoms with Gasteiger partial charge in [-0.25, -0.2) is 14.8 Å². The number of anilines is 2. The summed E-state index contributed by atoms with van der Waals surface area (Å²) in [6, 6.07) is 15.7. The van der Waals surface area contributed by atoms with Crippen molar-refractivity contribution in [3.8, 4) is 11.1 Å². The summed E-state index contributed by atoms with van der Waals surface area (Å²) in [5.74, 6) is -0.216. The fourth-order valence-corrected chi connectivity index (χ4v) is 3.00. The number of imidazole rings is 1. The van der Waals surface area contributed by atoms with Crippen molar-refractivity contribution in [1.82, 2.24) is 20.3 Å². The molecule has 3 amide bonds. The van der Waals surface area contributed by atoms with E-state index in [9.17, 15) is 9.59 Å². The van der Waals surface area contributed by atoms with Gasteiger partial charge in [-0.1, -0.05) is 18.2 Å². The Morgan fingerprint density at radius 3 is 2.52 bits per heavy atom. The molecule has 0 saturated carbocycles. The van der Waals surface area contributed by atoms with Gasteiger partial charge in [-0.2, -0.15) is 0 Å². The van der Waals surface area contributed by atoms with Crippen LogP contribution in [0.25, 0.3) is 22.3 Å². The third-order valence-electron chi connectivity index (χ3n) is 4.39. The number of aromatic amines is 1.